The lowest BCUT2D eigenvalue weighted by Gasteiger charge is -2.27. The maximum Gasteiger partial charge on any atom is 0.224 e. The van der Waals surface area contributed by atoms with Crippen molar-refractivity contribution in [2.75, 3.05) is 17.7 Å². The number of nitrogens with one attached hydrogen (secondary N) is 2. The summed E-state index contributed by atoms with van der Waals surface area (Å²) in [5.74, 6) is 0.740. The molecule has 1 aromatic carbocycles. The first kappa shape index (κ1) is 41.0. The molecule has 260 valence electrons. The van der Waals surface area contributed by atoms with Gasteiger partial charge in [-0.3, -0.25) is 9.59 Å². The molecule has 0 heterocycles. The Labute approximate surface area is 278 Å². The third kappa shape index (κ3) is 18.6. The van der Waals surface area contributed by atoms with Gasteiger partial charge in [0.1, 0.15) is 5.75 Å². The van der Waals surface area contributed by atoms with Gasteiger partial charge in [0.05, 0.1) is 12.8 Å². The van der Waals surface area contributed by atoms with Gasteiger partial charge in [-0.2, -0.15) is 0 Å². The lowest BCUT2D eigenvalue weighted by atomic mass is 9.84. The first-order valence-corrected chi connectivity index (χ1v) is 19.0. The number of anilines is 2. The molecule has 0 saturated carbocycles. The third-order valence-electron chi connectivity index (χ3n) is 9.10. The predicted octanol–water partition coefficient (Wildman–Crippen LogP) is 12.6. The quantitative estimate of drug-likeness (QED) is 0.0952. The van der Waals surface area contributed by atoms with Crippen LogP contribution in [0.4, 0.5) is 11.4 Å². The second-order valence-electron chi connectivity index (χ2n) is 14.4. The van der Waals surface area contributed by atoms with Crippen molar-refractivity contribution in [3.05, 3.63) is 17.2 Å². The summed E-state index contributed by atoms with van der Waals surface area (Å²) in [6.07, 6.45) is 28.8. The molecular weight excluding hydrogens is 556 g/mol. The molecule has 0 saturated heterocycles. The van der Waals surface area contributed by atoms with Crippen LogP contribution in [0, 0.1) is 6.92 Å². The van der Waals surface area contributed by atoms with Gasteiger partial charge in [-0.1, -0.05) is 163 Å². The van der Waals surface area contributed by atoms with Crippen molar-refractivity contribution in [1.29, 1.82) is 0 Å². The Kier molecular flexibility index (Phi) is 22.9. The second-order valence-corrected chi connectivity index (χ2v) is 14.4. The monoisotopic (exact) mass is 629 g/mol. The van der Waals surface area contributed by atoms with Gasteiger partial charge in [0.25, 0.3) is 0 Å². The van der Waals surface area contributed by atoms with Gasteiger partial charge in [-0.05, 0) is 36.8 Å². The maximum absolute atomic E-state index is 13.1. The fraction of sp³-hybridized carbons (Fsp3) is 0.800. The fourth-order valence-electron chi connectivity index (χ4n) is 6.12. The number of ether oxygens (including phenoxy) is 1. The van der Waals surface area contributed by atoms with Gasteiger partial charge < -0.3 is 15.4 Å². The number of hydrogen-bond acceptors (Lipinski definition) is 3. The molecule has 2 N–H and O–H groups in total. The van der Waals surface area contributed by atoms with Crippen LogP contribution in [0.5, 0.6) is 5.75 Å². The zero-order chi connectivity index (χ0) is 33.3. The molecular formula is C40H72N2O3. The van der Waals surface area contributed by atoms with Gasteiger partial charge in [-0.15, -0.1) is 0 Å². The molecule has 0 aliphatic heterocycles. The number of rotatable bonds is 27. The van der Waals surface area contributed by atoms with Crippen molar-refractivity contribution in [3.8, 4) is 5.75 Å². The topological polar surface area (TPSA) is 67.4 Å². The normalized spacial score (nSPS) is 11.5. The molecule has 0 radical (unpaired) electrons. The van der Waals surface area contributed by atoms with Crippen molar-refractivity contribution in [1.82, 2.24) is 0 Å². The van der Waals surface area contributed by atoms with Crippen LogP contribution in [0.25, 0.3) is 0 Å². The van der Waals surface area contributed by atoms with Gasteiger partial charge >= 0.3 is 0 Å². The summed E-state index contributed by atoms with van der Waals surface area (Å²) in [5.41, 5.74) is 3.05. The van der Waals surface area contributed by atoms with Gasteiger partial charge in [-0.25, -0.2) is 0 Å². The summed E-state index contributed by atoms with van der Waals surface area (Å²) < 4.78 is 5.87. The molecule has 0 fully saturated rings. The minimum absolute atomic E-state index is 0.0108. The van der Waals surface area contributed by atoms with Crippen molar-refractivity contribution in [2.45, 2.75) is 201 Å². The maximum atomic E-state index is 13.1. The van der Waals surface area contributed by atoms with E-state index >= 15 is 0 Å². The minimum atomic E-state index is -0.218. The van der Waals surface area contributed by atoms with E-state index in [1.54, 1.807) is 7.11 Å². The van der Waals surface area contributed by atoms with Gasteiger partial charge in [0.15, 0.2) is 0 Å². The average molecular weight is 629 g/mol. The van der Waals surface area contributed by atoms with Crippen LogP contribution in [-0.4, -0.2) is 18.9 Å². The summed E-state index contributed by atoms with van der Waals surface area (Å²) >= 11 is 0. The molecule has 0 aromatic heterocycles. The molecule has 0 aliphatic rings. The fourth-order valence-corrected chi connectivity index (χ4v) is 6.12. The molecule has 0 aliphatic carbocycles. The Hall–Kier alpha value is -2.04. The Balaban J connectivity index is 2.59. The Morgan fingerprint density at radius 1 is 0.600 bits per heavy atom. The van der Waals surface area contributed by atoms with E-state index in [1.165, 1.54) is 116 Å². The van der Waals surface area contributed by atoms with Crippen molar-refractivity contribution in [2.24, 2.45) is 0 Å². The molecule has 0 atom stereocenters. The summed E-state index contributed by atoms with van der Waals surface area (Å²) in [6, 6.07) is 2.03. The lowest BCUT2D eigenvalue weighted by molar-refractivity contribution is -0.117. The van der Waals surface area contributed by atoms with Crippen LogP contribution in [0.3, 0.4) is 0 Å². The summed E-state index contributed by atoms with van der Waals surface area (Å²) in [7, 11) is 1.66. The zero-order valence-electron chi connectivity index (χ0n) is 30.8. The molecule has 1 aromatic rings. The highest BCUT2D eigenvalue weighted by molar-refractivity contribution is 5.98. The van der Waals surface area contributed by atoms with E-state index in [1.807, 2.05) is 13.0 Å². The summed E-state index contributed by atoms with van der Waals surface area (Å²) in [5, 5.41) is 6.33. The van der Waals surface area contributed by atoms with Crippen LogP contribution >= 0.6 is 0 Å². The highest BCUT2D eigenvalue weighted by Crippen LogP contribution is 2.43. The van der Waals surface area contributed by atoms with Crippen LogP contribution in [0.15, 0.2) is 6.07 Å². The molecule has 1 rings (SSSR count). The Morgan fingerprint density at radius 3 is 1.31 bits per heavy atom. The van der Waals surface area contributed by atoms with E-state index in [0.717, 1.165) is 42.5 Å². The summed E-state index contributed by atoms with van der Waals surface area (Å²) in [6.45, 7) is 12.9. The first-order valence-electron chi connectivity index (χ1n) is 19.0. The molecule has 2 amide bonds. The average Bonchev–Trinajstić information content (AvgIpc) is 3.00. The highest BCUT2D eigenvalue weighted by Gasteiger charge is 2.26. The number of carbonyl (C=O) groups is 2. The smallest absolute Gasteiger partial charge is 0.224 e. The second kappa shape index (κ2) is 25.1. The van der Waals surface area contributed by atoms with Crippen LogP contribution in [-0.2, 0) is 15.0 Å². The van der Waals surface area contributed by atoms with E-state index in [9.17, 15) is 9.59 Å². The number of unbranched alkanes of at least 4 members (excludes halogenated alkanes) is 20. The SMILES string of the molecule is CCCCCCCCCCCCCC(=O)Nc1cc(C(C)(C)C)c(OC)c(NC(=O)CCCCCCCCCCCCC)c1C. The lowest BCUT2D eigenvalue weighted by Crippen LogP contribution is -2.20. The van der Waals surface area contributed by atoms with E-state index in [2.05, 4.69) is 45.3 Å². The van der Waals surface area contributed by atoms with Crippen LogP contribution in [0.1, 0.15) is 200 Å². The van der Waals surface area contributed by atoms with E-state index < -0.39 is 0 Å². The van der Waals surface area contributed by atoms with E-state index in [-0.39, 0.29) is 17.2 Å². The highest BCUT2D eigenvalue weighted by atomic mass is 16.5. The van der Waals surface area contributed by atoms with E-state index in [0.29, 0.717) is 24.3 Å². The first-order chi connectivity index (χ1) is 21.6. The van der Waals surface area contributed by atoms with Crippen molar-refractivity contribution in [3.63, 3.8) is 0 Å². The summed E-state index contributed by atoms with van der Waals surface area (Å²) in [4.78, 5) is 26.0. The standard InChI is InChI=1S/C40H72N2O3/c1-8-10-12-14-16-18-20-22-24-26-28-30-36(43)41-35-32-34(40(4,5)6)39(45-7)38(33(35)3)42-37(44)31-29-27-25-23-21-19-17-15-13-11-9-2/h32H,8-31H2,1-7H3,(H,41,43)(H,42,44). The number of benzene rings is 1. The predicted molar refractivity (Wildman–Crippen MR) is 196 cm³/mol. The van der Waals surface area contributed by atoms with Crippen molar-refractivity contribution < 1.29 is 14.3 Å². The largest absolute Gasteiger partial charge is 0.494 e. The number of methoxy groups -OCH3 is 1. The zero-order valence-corrected chi connectivity index (χ0v) is 30.8. The molecule has 5 heteroatoms. The van der Waals surface area contributed by atoms with Crippen LogP contribution in [0.2, 0.25) is 0 Å². The molecule has 45 heavy (non-hydrogen) atoms. The molecule has 0 bridgehead atoms. The number of carbonyl (C=O) groups excluding carboxylic acids is 2. The Bertz CT molecular complexity index is 934. The van der Waals surface area contributed by atoms with E-state index in [4.69, 9.17) is 4.74 Å². The van der Waals surface area contributed by atoms with Gasteiger partial charge in [0.2, 0.25) is 11.8 Å². The molecule has 0 spiro atoms. The minimum Gasteiger partial charge on any atom is -0.494 e. The van der Waals surface area contributed by atoms with Crippen LogP contribution < -0.4 is 15.4 Å². The molecule has 5 nitrogen and oxygen atoms in total. The number of amides is 2. The number of hydrogen-bond donors (Lipinski definition) is 2. The third-order valence-corrected chi connectivity index (χ3v) is 9.10. The van der Waals surface area contributed by atoms with Gasteiger partial charge in [0, 0.05) is 24.1 Å². The molecule has 0 unspecified atom stereocenters. The Morgan fingerprint density at radius 2 is 0.956 bits per heavy atom. The van der Waals surface area contributed by atoms with Crippen molar-refractivity contribution >= 4 is 23.2 Å².